The summed E-state index contributed by atoms with van der Waals surface area (Å²) in [6.45, 7) is 2.42. The molecule has 3 aromatic rings. The zero-order valence-electron chi connectivity index (χ0n) is 23.5. The normalized spacial score (nSPS) is 17.8. The minimum atomic E-state index is -0.498. The molecule has 1 aliphatic heterocycles. The van der Waals surface area contributed by atoms with E-state index in [0.717, 1.165) is 57.2 Å². The summed E-state index contributed by atoms with van der Waals surface area (Å²) in [7, 11) is 0. The fourth-order valence-electron chi connectivity index (χ4n) is 6.18. The standard InChI is InChI=1S/C32H40N4O4.ClH/c37-29(32-36-27-13-7-8-14-28(27)40-32)25(22-9-3-1-4-10-22)17-20-34-31(39)26(23-11-5-2-6-12-23)21-35-30(38)24-15-18-33-19-16-24;/h1,3-4,7-10,13-14,23-26,33H,2,5-6,11-12,15-21H2,(H,34,39)(H,35,38);1H. The van der Waals surface area contributed by atoms with Gasteiger partial charge in [0.25, 0.3) is 5.89 Å². The largest absolute Gasteiger partial charge is 0.434 e. The number of halogens is 1. The number of fused-ring (bicyclic) bond motifs is 1. The third-order valence-corrected chi connectivity index (χ3v) is 8.52. The maximum atomic E-state index is 13.6. The fourth-order valence-corrected chi connectivity index (χ4v) is 6.18. The van der Waals surface area contributed by atoms with E-state index in [1.807, 2.05) is 48.5 Å². The Hall–Kier alpha value is -3.23. The maximum Gasteiger partial charge on any atom is 0.264 e. The molecule has 0 radical (unpaired) electrons. The van der Waals surface area contributed by atoms with Crippen molar-refractivity contribution in [3.8, 4) is 0 Å². The molecular formula is C32H41ClN4O4. The van der Waals surface area contributed by atoms with Crippen LogP contribution >= 0.6 is 12.4 Å². The Morgan fingerprint density at radius 2 is 1.61 bits per heavy atom. The second kappa shape index (κ2) is 15.1. The molecule has 1 saturated carbocycles. The topological polar surface area (TPSA) is 113 Å². The average Bonchev–Trinajstić information content (AvgIpc) is 3.45. The Labute approximate surface area is 247 Å². The van der Waals surface area contributed by atoms with Crippen molar-refractivity contribution in [3.05, 3.63) is 66.1 Å². The van der Waals surface area contributed by atoms with Gasteiger partial charge in [-0.25, -0.2) is 4.98 Å². The van der Waals surface area contributed by atoms with E-state index in [0.29, 0.717) is 30.6 Å². The number of para-hydroxylation sites is 2. The van der Waals surface area contributed by atoms with Crippen molar-refractivity contribution in [1.29, 1.82) is 0 Å². The molecule has 41 heavy (non-hydrogen) atoms. The molecule has 2 aliphatic rings. The molecule has 220 valence electrons. The Morgan fingerprint density at radius 3 is 2.34 bits per heavy atom. The molecule has 0 spiro atoms. The van der Waals surface area contributed by atoms with Gasteiger partial charge in [0, 0.05) is 19.0 Å². The van der Waals surface area contributed by atoms with Gasteiger partial charge in [-0.05, 0) is 68.8 Å². The van der Waals surface area contributed by atoms with E-state index in [2.05, 4.69) is 20.9 Å². The molecule has 2 atom stereocenters. The number of nitrogens with one attached hydrogen (secondary N) is 3. The van der Waals surface area contributed by atoms with Crippen LogP contribution in [0.2, 0.25) is 0 Å². The monoisotopic (exact) mass is 580 g/mol. The second-order valence-electron chi connectivity index (χ2n) is 11.2. The Balaban J connectivity index is 0.00000387. The number of carbonyl (C=O) groups is 3. The summed E-state index contributed by atoms with van der Waals surface area (Å²) in [5.41, 5.74) is 2.09. The summed E-state index contributed by atoms with van der Waals surface area (Å²) in [5, 5.41) is 9.51. The van der Waals surface area contributed by atoms with Crippen LogP contribution in [-0.2, 0) is 9.59 Å². The van der Waals surface area contributed by atoms with Gasteiger partial charge in [0.05, 0.1) is 11.8 Å². The highest BCUT2D eigenvalue weighted by molar-refractivity contribution is 5.99. The van der Waals surface area contributed by atoms with Crippen molar-refractivity contribution in [2.45, 2.75) is 57.3 Å². The van der Waals surface area contributed by atoms with Crippen LogP contribution in [0.3, 0.4) is 0 Å². The number of oxazole rings is 1. The van der Waals surface area contributed by atoms with Crippen molar-refractivity contribution < 1.29 is 18.8 Å². The molecule has 9 heteroatoms. The second-order valence-corrected chi connectivity index (χ2v) is 11.2. The van der Waals surface area contributed by atoms with Gasteiger partial charge < -0.3 is 20.4 Å². The minimum Gasteiger partial charge on any atom is -0.434 e. The van der Waals surface area contributed by atoms with Crippen molar-refractivity contribution in [2.75, 3.05) is 26.2 Å². The summed E-state index contributed by atoms with van der Waals surface area (Å²) < 4.78 is 5.79. The zero-order valence-corrected chi connectivity index (χ0v) is 24.3. The van der Waals surface area contributed by atoms with Crippen molar-refractivity contribution in [1.82, 2.24) is 20.9 Å². The number of piperidine rings is 1. The Kier molecular flexibility index (Phi) is 11.3. The highest BCUT2D eigenvalue weighted by atomic mass is 35.5. The number of carbonyl (C=O) groups excluding carboxylic acids is 3. The van der Waals surface area contributed by atoms with E-state index >= 15 is 0 Å². The van der Waals surface area contributed by atoms with Crippen LogP contribution in [0, 0.1) is 17.8 Å². The van der Waals surface area contributed by atoms with E-state index in [1.165, 1.54) is 6.42 Å². The lowest BCUT2D eigenvalue weighted by Crippen LogP contribution is -2.46. The van der Waals surface area contributed by atoms with E-state index < -0.39 is 5.92 Å². The van der Waals surface area contributed by atoms with Gasteiger partial charge in [-0.2, -0.15) is 0 Å². The predicted octanol–water partition coefficient (Wildman–Crippen LogP) is 5.03. The molecule has 2 unspecified atom stereocenters. The van der Waals surface area contributed by atoms with E-state index in [1.54, 1.807) is 6.07 Å². The number of benzene rings is 2. The zero-order chi connectivity index (χ0) is 27.7. The molecule has 2 aromatic carbocycles. The lowest BCUT2D eigenvalue weighted by Gasteiger charge is -2.30. The summed E-state index contributed by atoms with van der Waals surface area (Å²) in [5.74, 6) is -0.594. The first kappa shape index (κ1) is 30.7. The summed E-state index contributed by atoms with van der Waals surface area (Å²) >= 11 is 0. The quantitative estimate of drug-likeness (QED) is 0.274. The number of amides is 2. The summed E-state index contributed by atoms with van der Waals surface area (Å²) in [4.78, 5) is 44.3. The highest BCUT2D eigenvalue weighted by Crippen LogP contribution is 2.31. The Bertz CT molecular complexity index is 1250. The molecule has 8 nitrogen and oxygen atoms in total. The number of hydrogen-bond donors (Lipinski definition) is 3. The van der Waals surface area contributed by atoms with Gasteiger partial charge in [-0.1, -0.05) is 61.7 Å². The highest BCUT2D eigenvalue weighted by Gasteiger charge is 2.32. The van der Waals surface area contributed by atoms with Crippen LogP contribution in [0.15, 0.2) is 59.0 Å². The third-order valence-electron chi connectivity index (χ3n) is 8.52. The molecule has 0 bridgehead atoms. The minimum absolute atomic E-state index is 0. The first-order valence-electron chi connectivity index (χ1n) is 14.8. The first-order valence-corrected chi connectivity index (χ1v) is 14.8. The molecule has 1 saturated heterocycles. The van der Waals surface area contributed by atoms with Crippen molar-refractivity contribution in [2.24, 2.45) is 17.8 Å². The van der Waals surface area contributed by atoms with Crippen molar-refractivity contribution in [3.63, 3.8) is 0 Å². The molecule has 1 aromatic heterocycles. The first-order chi connectivity index (χ1) is 19.6. The third kappa shape index (κ3) is 7.95. The average molecular weight is 581 g/mol. The maximum absolute atomic E-state index is 13.6. The van der Waals surface area contributed by atoms with Gasteiger partial charge in [-0.15, -0.1) is 12.4 Å². The van der Waals surface area contributed by atoms with Gasteiger partial charge in [-0.3, -0.25) is 14.4 Å². The fraction of sp³-hybridized carbons (Fsp3) is 0.500. The number of aromatic nitrogens is 1. The molecule has 2 amide bonds. The summed E-state index contributed by atoms with van der Waals surface area (Å²) in [6, 6.07) is 16.9. The van der Waals surface area contributed by atoms with Gasteiger partial charge in [0.1, 0.15) is 5.52 Å². The lowest BCUT2D eigenvalue weighted by molar-refractivity contribution is -0.129. The van der Waals surface area contributed by atoms with E-state index in [-0.39, 0.29) is 53.6 Å². The number of Topliss-reactive ketones (excluding diaryl/α,β-unsaturated/α-hetero) is 1. The molecule has 3 N–H and O–H groups in total. The van der Waals surface area contributed by atoms with Crippen LogP contribution in [-0.4, -0.2) is 48.8 Å². The van der Waals surface area contributed by atoms with Gasteiger partial charge in [0.15, 0.2) is 5.58 Å². The molecule has 2 fully saturated rings. The van der Waals surface area contributed by atoms with E-state index in [9.17, 15) is 14.4 Å². The smallest absolute Gasteiger partial charge is 0.264 e. The molecule has 5 rings (SSSR count). The van der Waals surface area contributed by atoms with Crippen LogP contribution in [0.5, 0.6) is 0 Å². The Morgan fingerprint density at radius 1 is 0.902 bits per heavy atom. The van der Waals surface area contributed by atoms with Crippen LogP contribution < -0.4 is 16.0 Å². The van der Waals surface area contributed by atoms with Crippen LogP contribution in [0.25, 0.3) is 11.1 Å². The number of hydrogen-bond acceptors (Lipinski definition) is 6. The molecular weight excluding hydrogens is 540 g/mol. The van der Waals surface area contributed by atoms with Gasteiger partial charge in [0.2, 0.25) is 17.6 Å². The number of rotatable bonds is 11. The van der Waals surface area contributed by atoms with Crippen LogP contribution in [0.4, 0.5) is 0 Å². The van der Waals surface area contributed by atoms with Crippen LogP contribution in [0.1, 0.15) is 73.5 Å². The number of nitrogens with zero attached hydrogens (tertiary/aromatic N) is 1. The van der Waals surface area contributed by atoms with E-state index in [4.69, 9.17) is 4.42 Å². The van der Waals surface area contributed by atoms with Gasteiger partial charge >= 0.3 is 0 Å². The molecule has 2 heterocycles. The lowest BCUT2D eigenvalue weighted by atomic mass is 9.79. The predicted molar refractivity (Wildman–Crippen MR) is 161 cm³/mol. The SMILES string of the molecule is Cl.O=C(NCC(C(=O)NCCC(C(=O)c1nc2ccccc2o1)c1ccccc1)C1CCCCC1)C1CCNCC1. The summed E-state index contributed by atoms with van der Waals surface area (Å²) in [6.07, 6.45) is 7.53. The van der Waals surface area contributed by atoms with Crippen molar-refractivity contribution >= 4 is 41.1 Å². The number of ketones is 1. The molecule has 1 aliphatic carbocycles.